The van der Waals surface area contributed by atoms with E-state index in [4.69, 9.17) is 28.2 Å². The van der Waals surface area contributed by atoms with E-state index in [2.05, 4.69) is 4.90 Å². The summed E-state index contributed by atoms with van der Waals surface area (Å²) in [6.45, 7) is 0.743. The number of primary amides is 1. The van der Waals surface area contributed by atoms with Crippen molar-refractivity contribution in [2.24, 2.45) is 5.73 Å². The predicted molar refractivity (Wildman–Crippen MR) is 81.1 cm³/mol. The number of rotatable bonds is 6. The zero-order chi connectivity index (χ0) is 14.7. The molecule has 6 heteroatoms. The maximum Gasteiger partial charge on any atom is 0.250 e. The number of hydrogen-bond acceptors (Lipinski definition) is 4. The largest absolute Gasteiger partial charge is 0.399 e. The molecule has 0 saturated heterocycles. The van der Waals surface area contributed by atoms with Crippen molar-refractivity contribution in [1.82, 2.24) is 0 Å². The highest BCUT2D eigenvalue weighted by molar-refractivity contribution is 6.34. The number of halogens is 1. The molecule has 0 unspecified atom stereocenters. The second-order valence-electron chi connectivity index (χ2n) is 5.12. The van der Waals surface area contributed by atoms with E-state index in [0.29, 0.717) is 41.0 Å². The van der Waals surface area contributed by atoms with E-state index in [1.165, 1.54) is 6.42 Å². The third kappa shape index (κ3) is 2.99. The lowest BCUT2D eigenvalue weighted by molar-refractivity contribution is 0.100. The Morgan fingerprint density at radius 1 is 1.45 bits per heavy atom. The van der Waals surface area contributed by atoms with Gasteiger partial charge >= 0.3 is 0 Å². The van der Waals surface area contributed by atoms with Crippen LogP contribution in [0.3, 0.4) is 0 Å². The normalized spacial score (nSPS) is 14.9. The number of carbonyl (C=O) groups is 1. The van der Waals surface area contributed by atoms with Crippen LogP contribution in [0.1, 0.15) is 36.0 Å². The number of anilines is 2. The standard InChI is InChI=1S/C14H20ClN3O2/c15-12-8-9(16)7-11(14(17)20)13(12)18(5-2-6-19)10-3-1-4-10/h7-8,10,19H,1-6,16H2,(H2,17,20). The number of benzene rings is 1. The molecule has 2 rings (SSSR count). The molecule has 0 radical (unpaired) electrons. The zero-order valence-corrected chi connectivity index (χ0v) is 12.1. The van der Waals surface area contributed by atoms with Gasteiger partial charge in [-0.25, -0.2) is 0 Å². The van der Waals surface area contributed by atoms with Gasteiger partial charge in [-0.1, -0.05) is 11.6 Å². The number of nitrogen functional groups attached to an aromatic ring is 1. The summed E-state index contributed by atoms with van der Waals surface area (Å²) in [4.78, 5) is 13.8. The number of aliphatic hydroxyl groups is 1. The molecule has 1 aliphatic carbocycles. The van der Waals surface area contributed by atoms with Crippen LogP contribution in [0.2, 0.25) is 5.02 Å². The average molecular weight is 298 g/mol. The Hall–Kier alpha value is -1.46. The quantitative estimate of drug-likeness (QED) is 0.698. The number of nitrogens with two attached hydrogens (primary N) is 2. The Balaban J connectivity index is 2.42. The molecule has 110 valence electrons. The van der Waals surface area contributed by atoms with E-state index in [-0.39, 0.29) is 6.61 Å². The molecule has 20 heavy (non-hydrogen) atoms. The molecule has 1 fully saturated rings. The molecule has 1 amide bonds. The smallest absolute Gasteiger partial charge is 0.250 e. The first-order valence-corrected chi connectivity index (χ1v) is 7.18. The minimum absolute atomic E-state index is 0.0989. The molecule has 0 aliphatic heterocycles. The van der Waals surface area contributed by atoms with Crippen LogP contribution < -0.4 is 16.4 Å². The van der Waals surface area contributed by atoms with Crippen LogP contribution >= 0.6 is 11.6 Å². The van der Waals surface area contributed by atoms with Crippen LogP contribution in [-0.4, -0.2) is 30.2 Å². The molecule has 1 aliphatic rings. The topological polar surface area (TPSA) is 92.6 Å². The van der Waals surface area contributed by atoms with E-state index in [9.17, 15) is 4.79 Å². The van der Waals surface area contributed by atoms with E-state index >= 15 is 0 Å². The van der Waals surface area contributed by atoms with Gasteiger partial charge in [-0.05, 0) is 37.8 Å². The fourth-order valence-corrected chi connectivity index (χ4v) is 2.85. The molecular weight excluding hydrogens is 278 g/mol. The monoisotopic (exact) mass is 297 g/mol. The number of hydrogen-bond donors (Lipinski definition) is 3. The van der Waals surface area contributed by atoms with E-state index in [1.54, 1.807) is 12.1 Å². The summed E-state index contributed by atoms with van der Waals surface area (Å²) < 4.78 is 0. The van der Waals surface area contributed by atoms with Gasteiger partial charge in [0.2, 0.25) is 0 Å². The van der Waals surface area contributed by atoms with Gasteiger partial charge in [-0.15, -0.1) is 0 Å². The maximum atomic E-state index is 11.7. The molecule has 0 heterocycles. The lowest BCUT2D eigenvalue weighted by atomic mass is 9.90. The lowest BCUT2D eigenvalue weighted by Gasteiger charge is -2.40. The van der Waals surface area contributed by atoms with Crippen molar-refractivity contribution in [2.45, 2.75) is 31.7 Å². The SMILES string of the molecule is NC(=O)c1cc(N)cc(Cl)c1N(CCCO)C1CCC1. The maximum absolute atomic E-state index is 11.7. The van der Waals surface area contributed by atoms with Gasteiger partial charge in [-0.3, -0.25) is 4.79 Å². The molecule has 0 bridgehead atoms. The fourth-order valence-electron chi connectivity index (χ4n) is 2.52. The van der Waals surface area contributed by atoms with Crippen molar-refractivity contribution < 1.29 is 9.90 Å². The van der Waals surface area contributed by atoms with E-state index in [1.807, 2.05) is 0 Å². The molecule has 0 spiro atoms. The van der Waals surface area contributed by atoms with Crippen LogP contribution in [0.4, 0.5) is 11.4 Å². The van der Waals surface area contributed by atoms with Gasteiger partial charge in [0.1, 0.15) is 0 Å². The minimum atomic E-state index is -0.539. The molecule has 5 nitrogen and oxygen atoms in total. The average Bonchev–Trinajstić information content (AvgIpc) is 2.31. The molecule has 1 aromatic rings. The van der Waals surface area contributed by atoms with Crippen molar-refractivity contribution in [3.63, 3.8) is 0 Å². The zero-order valence-electron chi connectivity index (χ0n) is 11.3. The summed E-state index contributed by atoms with van der Waals surface area (Å²) in [6.07, 6.45) is 3.91. The van der Waals surface area contributed by atoms with Crippen molar-refractivity contribution in [3.05, 3.63) is 22.7 Å². The van der Waals surface area contributed by atoms with Crippen LogP contribution in [0.15, 0.2) is 12.1 Å². The molecule has 0 atom stereocenters. The van der Waals surface area contributed by atoms with Crippen molar-refractivity contribution >= 4 is 28.9 Å². The Morgan fingerprint density at radius 3 is 2.65 bits per heavy atom. The van der Waals surface area contributed by atoms with Gasteiger partial charge in [0.25, 0.3) is 5.91 Å². The third-order valence-corrected chi connectivity index (χ3v) is 4.00. The molecular formula is C14H20ClN3O2. The second-order valence-corrected chi connectivity index (χ2v) is 5.53. The molecule has 1 aromatic carbocycles. The van der Waals surface area contributed by atoms with Crippen molar-refractivity contribution in [2.75, 3.05) is 23.8 Å². The third-order valence-electron chi connectivity index (χ3n) is 3.71. The number of nitrogens with zero attached hydrogens (tertiary/aromatic N) is 1. The summed E-state index contributed by atoms with van der Waals surface area (Å²) >= 11 is 6.29. The highest BCUT2D eigenvalue weighted by Gasteiger charge is 2.29. The number of aliphatic hydroxyl groups excluding tert-OH is 1. The Kier molecular flexibility index (Phi) is 4.73. The van der Waals surface area contributed by atoms with Gasteiger partial charge in [0.15, 0.2) is 0 Å². The Labute approximate surface area is 123 Å². The highest BCUT2D eigenvalue weighted by atomic mass is 35.5. The number of amides is 1. The minimum Gasteiger partial charge on any atom is -0.399 e. The number of carbonyl (C=O) groups excluding carboxylic acids is 1. The van der Waals surface area contributed by atoms with Gasteiger partial charge in [-0.2, -0.15) is 0 Å². The highest BCUT2D eigenvalue weighted by Crippen LogP contribution is 2.37. The summed E-state index contributed by atoms with van der Waals surface area (Å²) in [7, 11) is 0. The molecule has 1 saturated carbocycles. The Morgan fingerprint density at radius 2 is 2.15 bits per heavy atom. The van der Waals surface area contributed by atoms with Crippen LogP contribution in [0.5, 0.6) is 0 Å². The van der Waals surface area contributed by atoms with Crippen LogP contribution in [0, 0.1) is 0 Å². The summed E-state index contributed by atoms with van der Waals surface area (Å²) in [5.74, 6) is -0.539. The van der Waals surface area contributed by atoms with E-state index < -0.39 is 5.91 Å². The first kappa shape index (κ1) is 14.9. The van der Waals surface area contributed by atoms with Crippen LogP contribution in [0.25, 0.3) is 0 Å². The first-order valence-electron chi connectivity index (χ1n) is 6.81. The van der Waals surface area contributed by atoms with Crippen molar-refractivity contribution in [3.8, 4) is 0 Å². The van der Waals surface area contributed by atoms with Crippen LogP contribution in [-0.2, 0) is 0 Å². The lowest BCUT2D eigenvalue weighted by Crippen LogP contribution is -2.42. The van der Waals surface area contributed by atoms with Gasteiger partial charge < -0.3 is 21.5 Å². The fraction of sp³-hybridized carbons (Fsp3) is 0.500. The first-order chi connectivity index (χ1) is 9.54. The summed E-state index contributed by atoms with van der Waals surface area (Å²) in [5.41, 5.74) is 12.6. The van der Waals surface area contributed by atoms with Gasteiger partial charge in [0.05, 0.1) is 16.3 Å². The Bertz CT molecular complexity index is 503. The molecule has 0 aromatic heterocycles. The van der Waals surface area contributed by atoms with E-state index in [0.717, 1.165) is 12.8 Å². The van der Waals surface area contributed by atoms with Gasteiger partial charge in [0, 0.05) is 24.9 Å². The summed E-state index contributed by atoms with van der Waals surface area (Å²) in [5, 5.41) is 9.49. The summed E-state index contributed by atoms with van der Waals surface area (Å²) in [6, 6.07) is 3.54. The molecule has 5 N–H and O–H groups in total. The van der Waals surface area contributed by atoms with Crippen molar-refractivity contribution in [1.29, 1.82) is 0 Å². The second kappa shape index (κ2) is 6.33. The predicted octanol–water partition coefficient (Wildman–Crippen LogP) is 1.76.